The van der Waals surface area contributed by atoms with E-state index in [9.17, 15) is 14.4 Å². The van der Waals surface area contributed by atoms with E-state index in [2.05, 4.69) is 10.3 Å². The predicted octanol–water partition coefficient (Wildman–Crippen LogP) is 3.39. The Morgan fingerprint density at radius 3 is 2.20 bits per heavy atom. The number of carbonyl (C=O) groups excluding carboxylic acids is 2. The second-order valence-electron chi connectivity index (χ2n) is 6.52. The van der Waals surface area contributed by atoms with E-state index in [0.29, 0.717) is 32.6 Å². The van der Waals surface area contributed by atoms with Crippen LogP contribution in [0.25, 0.3) is 21.8 Å². The van der Waals surface area contributed by atoms with E-state index in [1.807, 2.05) is 0 Å². The van der Waals surface area contributed by atoms with E-state index in [1.54, 1.807) is 65.2 Å². The van der Waals surface area contributed by atoms with Gasteiger partial charge < -0.3 is 14.6 Å². The molecule has 0 aliphatic rings. The second kappa shape index (κ2) is 8.34. The Morgan fingerprint density at radius 1 is 0.967 bits per heavy atom. The Labute approximate surface area is 175 Å². The molecule has 2 aromatic carbocycles. The summed E-state index contributed by atoms with van der Waals surface area (Å²) in [6, 6.07) is 17.3. The first-order chi connectivity index (χ1) is 14.5. The van der Waals surface area contributed by atoms with Crippen LogP contribution in [0, 0.1) is 0 Å². The summed E-state index contributed by atoms with van der Waals surface area (Å²) < 4.78 is 6.84. The Bertz CT molecular complexity index is 1260. The molecule has 150 valence electrons. The number of carbonyl (C=O) groups is 2. The third kappa shape index (κ3) is 4.01. The fourth-order valence-corrected chi connectivity index (χ4v) is 3.31. The molecule has 4 rings (SSSR count). The van der Waals surface area contributed by atoms with Crippen LogP contribution in [0.5, 0.6) is 0 Å². The van der Waals surface area contributed by atoms with Crippen LogP contribution in [0.15, 0.2) is 71.7 Å². The highest BCUT2D eigenvalue weighted by atomic mass is 35.5. The summed E-state index contributed by atoms with van der Waals surface area (Å²) in [5, 5.41) is 3.99. The zero-order chi connectivity index (χ0) is 21.1. The molecule has 30 heavy (non-hydrogen) atoms. The van der Waals surface area contributed by atoms with Crippen molar-refractivity contribution in [1.82, 2.24) is 9.55 Å². The molecule has 0 bridgehead atoms. The average molecular weight is 422 g/mol. The number of fused-ring (bicyclic) bond motifs is 2. The number of aromatic nitrogens is 2. The fourth-order valence-electron chi connectivity index (χ4n) is 3.20. The maximum Gasteiger partial charge on any atom is 0.326 e. The largest absolute Gasteiger partial charge is 0.454 e. The predicted molar refractivity (Wildman–Crippen MR) is 115 cm³/mol. The van der Waals surface area contributed by atoms with Crippen LogP contribution in [-0.2, 0) is 20.9 Å². The second-order valence-corrected chi connectivity index (χ2v) is 6.96. The van der Waals surface area contributed by atoms with Crippen LogP contribution in [0.3, 0.4) is 0 Å². The molecule has 0 saturated heterocycles. The Hall–Kier alpha value is -3.71. The van der Waals surface area contributed by atoms with Gasteiger partial charge in [-0.3, -0.25) is 14.4 Å². The molecule has 7 nitrogen and oxygen atoms in total. The lowest BCUT2D eigenvalue weighted by atomic mass is 10.1. The maximum atomic E-state index is 12.7. The number of esters is 1. The van der Waals surface area contributed by atoms with Gasteiger partial charge in [-0.25, -0.2) is 4.98 Å². The number of ether oxygens (including phenoxy) is 1. The van der Waals surface area contributed by atoms with Crippen LogP contribution < -0.4 is 10.7 Å². The van der Waals surface area contributed by atoms with E-state index in [0.717, 1.165) is 0 Å². The summed E-state index contributed by atoms with van der Waals surface area (Å²) in [6.07, 6.45) is 1.40. The molecule has 1 amide bonds. The molecular formula is C22H16ClN3O4. The van der Waals surface area contributed by atoms with Crippen LogP contribution in [0.2, 0.25) is 5.02 Å². The highest BCUT2D eigenvalue weighted by molar-refractivity contribution is 6.30. The van der Waals surface area contributed by atoms with Crippen molar-refractivity contribution in [3.63, 3.8) is 0 Å². The van der Waals surface area contributed by atoms with Gasteiger partial charge in [0.1, 0.15) is 12.4 Å². The fraction of sp³-hybridized carbons (Fsp3) is 0.0909. The van der Waals surface area contributed by atoms with Gasteiger partial charge in [0.25, 0.3) is 5.91 Å². The van der Waals surface area contributed by atoms with E-state index >= 15 is 0 Å². The molecular weight excluding hydrogens is 406 g/mol. The quantitative estimate of drug-likeness (QED) is 0.394. The third-order valence-electron chi connectivity index (χ3n) is 4.53. The monoisotopic (exact) mass is 421 g/mol. The standard InChI is InChI=1S/C22H16ClN3O4/c23-14-9-10-19(24-11-14)25-20(27)13-30-21(28)12-26-17-7-3-1-5-15(17)22(29)16-6-2-4-8-18(16)26/h1-11H,12-13H2,(H,24,25,27). The maximum absolute atomic E-state index is 12.7. The van der Waals surface area contributed by atoms with Crippen molar-refractivity contribution in [3.8, 4) is 0 Å². The number of nitrogens with zero attached hydrogens (tertiary/aromatic N) is 2. The molecule has 2 heterocycles. The first kappa shape index (κ1) is 19.6. The summed E-state index contributed by atoms with van der Waals surface area (Å²) in [5.41, 5.74) is 1.14. The third-order valence-corrected chi connectivity index (χ3v) is 4.75. The van der Waals surface area contributed by atoms with Crippen molar-refractivity contribution in [1.29, 1.82) is 0 Å². The SMILES string of the molecule is O=C(COC(=O)Cn1c2ccccc2c(=O)c2ccccc21)Nc1ccc(Cl)cn1. The van der Waals surface area contributed by atoms with Gasteiger partial charge in [0, 0.05) is 17.0 Å². The lowest BCUT2D eigenvalue weighted by molar-refractivity contribution is -0.147. The number of anilines is 1. The van der Waals surface area contributed by atoms with Crippen molar-refractivity contribution in [2.75, 3.05) is 11.9 Å². The first-order valence-electron chi connectivity index (χ1n) is 9.10. The van der Waals surface area contributed by atoms with Crippen LogP contribution in [-0.4, -0.2) is 28.0 Å². The van der Waals surface area contributed by atoms with Gasteiger partial charge in [-0.1, -0.05) is 35.9 Å². The first-order valence-corrected chi connectivity index (χ1v) is 9.48. The molecule has 2 aromatic heterocycles. The summed E-state index contributed by atoms with van der Waals surface area (Å²) in [5.74, 6) is -0.821. The van der Waals surface area contributed by atoms with E-state index in [1.165, 1.54) is 6.20 Å². The molecule has 0 atom stereocenters. The Balaban J connectivity index is 1.53. The summed E-state index contributed by atoms with van der Waals surface area (Å²) >= 11 is 5.75. The van der Waals surface area contributed by atoms with Crippen molar-refractivity contribution in [2.45, 2.75) is 6.54 Å². The number of nitrogens with one attached hydrogen (secondary N) is 1. The van der Waals surface area contributed by atoms with Crippen molar-refractivity contribution in [3.05, 3.63) is 82.1 Å². The van der Waals surface area contributed by atoms with Gasteiger partial charge in [-0.15, -0.1) is 0 Å². The van der Waals surface area contributed by atoms with Gasteiger partial charge in [0.05, 0.1) is 16.1 Å². The number of hydrogen-bond acceptors (Lipinski definition) is 5. The molecule has 0 radical (unpaired) electrons. The smallest absolute Gasteiger partial charge is 0.326 e. The highest BCUT2D eigenvalue weighted by Crippen LogP contribution is 2.19. The molecule has 1 N–H and O–H groups in total. The molecule has 0 saturated carbocycles. The van der Waals surface area contributed by atoms with Crippen LogP contribution in [0.4, 0.5) is 5.82 Å². The minimum Gasteiger partial charge on any atom is -0.454 e. The van der Waals surface area contributed by atoms with E-state index < -0.39 is 18.5 Å². The number of rotatable bonds is 5. The zero-order valence-electron chi connectivity index (χ0n) is 15.7. The van der Waals surface area contributed by atoms with Gasteiger partial charge >= 0.3 is 5.97 Å². The number of halogens is 1. The minimum absolute atomic E-state index is 0.0966. The van der Waals surface area contributed by atoms with E-state index in [-0.39, 0.29) is 12.0 Å². The summed E-state index contributed by atoms with van der Waals surface area (Å²) in [6.45, 7) is -0.604. The Morgan fingerprint density at radius 2 is 1.60 bits per heavy atom. The number of amides is 1. The summed E-state index contributed by atoms with van der Waals surface area (Å²) in [4.78, 5) is 41.2. The lowest BCUT2D eigenvalue weighted by Crippen LogP contribution is -2.24. The van der Waals surface area contributed by atoms with Crippen molar-refractivity contribution in [2.24, 2.45) is 0 Å². The molecule has 0 aliphatic heterocycles. The van der Waals surface area contributed by atoms with Crippen LogP contribution in [0.1, 0.15) is 0 Å². The normalized spacial score (nSPS) is 10.8. The van der Waals surface area contributed by atoms with Crippen molar-refractivity contribution < 1.29 is 14.3 Å². The number of benzene rings is 2. The molecule has 0 spiro atoms. The molecule has 0 fully saturated rings. The van der Waals surface area contributed by atoms with Gasteiger partial charge in [0.15, 0.2) is 12.0 Å². The molecule has 8 heteroatoms. The molecule has 4 aromatic rings. The lowest BCUT2D eigenvalue weighted by Gasteiger charge is -2.14. The zero-order valence-corrected chi connectivity index (χ0v) is 16.4. The highest BCUT2D eigenvalue weighted by Gasteiger charge is 2.14. The summed E-state index contributed by atoms with van der Waals surface area (Å²) in [7, 11) is 0. The average Bonchev–Trinajstić information content (AvgIpc) is 2.77. The number of pyridine rings is 2. The van der Waals surface area contributed by atoms with Gasteiger partial charge in [-0.2, -0.15) is 0 Å². The van der Waals surface area contributed by atoms with E-state index in [4.69, 9.17) is 16.3 Å². The van der Waals surface area contributed by atoms with Crippen molar-refractivity contribution >= 4 is 51.1 Å². The minimum atomic E-state index is -0.604. The van der Waals surface area contributed by atoms with Crippen LogP contribution >= 0.6 is 11.6 Å². The molecule has 0 aliphatic carbocycles. The number of para-hydroxylation sites is 2. The number of hydrogen-bond donors (Lipinski definition) is 1. The van der Waals surface area contributed by atoms with Gasteiger partial charge in [0.2, 0.25) is 0 Å². The molecule has 0 unspecified atom stereocenters. The van der Waals surface area contributed by atoms with Gasteiger partial charge in [-0.05, 0) is 36.4 Å². The Kier molecular flexibility index (Phi) is 5.45. The topological polar surface area (TPSA) is 90.3 Å².